The van der Waals surface area contributed by atoms with Gasteiger partial charge in [-0.15, -0.1) is 0 Å². The highest BCUT2D eigenvalue weighted by Gasteiger charge is 2.32. The van der Waals surface area contributed by atoms with Crippen molar-refractivity contribution >= 4 is 64.2 Å². The molecule has 21 heteroatoms. The molecule has 1 heterocycles. The average Bonchev–Trinajstić information content (AvgIpc) is 3.66. The Morgan fingerprint density at radius 2 is 1.06 bits per heavy atom. The molecule has 0 spiro atoms. The first-order chi connectivity index (χ1) is 30.5. The summed E-state index contributed by atoms with van der Waals surface area (Å²) in [5.41, 5.74) is 30.0. The summed E-state index contributed by atoms with van der Waals surface area (Å²) in [5.74, 6) is -5.07. The van der Waals surface area contributed by atoms with E-state index in [4.69, 9.17) is 28.7 Å². The first-order valence-corrected chi connectivity index (χ1v) is 21.3. The molecule has 0 saturated heterocycles. The highest BCUT2D eigenvalue weighted by molar-refractivity contribution is 5.97. The molecule has 21 nitrogen and oxygen atoms in total. The number of nitrogens with zero attached hydrogens (tertiary/aromatic N) is 2. The zero-order valence-electron chi connectivity index (χ0n) is 36.7. The maximum absolute atomic E-state index is 14.3. The lowest BCUT2D eigenvalue weighted by molar-refractivity contribution is -0.135. The zero-order valence-corrected chi connectivity index (χ0v) is 36.7. The van der Waals surface area contributed by atoms with E-state index < -0.39 is 77.6 Å². The molecule has 348 valence electrons. The van der Waals surface area contributed by atoms with Crippen molar-refractivity contribution in [3.63, 3.8) is 0 Å². The number of nitrogens with two attached hydrogens (primary N) is 5. The maximum Gasteiger partial charge on any atom is 0.243 e. The van der Waals surface area contributed by atoms with Crippen LogP contribution in [0, 0.1) is 0 Å². The van der Waals surface area contributed by atoms with E-state index in [1.165, 1.54) is 13.8 Å². The number of fused-ring (bicyclic) bond motifs is 1. The number of amides is 7. The fourth-order valence-electron chi connectivity index (χ4n) is 6.76. The number of rotatable bonds is 27. The number of carbonyl (C=O) groups is 7. The predicted molar refractivity (Wildman–Crippen MR) is 244 cm³/mol. The van der Waals surface area contributed by atoms with E-state index in [0.717, 1.165) is 22.9 Å². The number of aromatic amines is 1. The van der Waals surface area contributed by atoms with Crippen molar-refractivity contribution in [3.05, 3.63) is 71.9 Å². The van der Waals surface area contributed by atoms with Gasteiger partial charge in [0.05, 0.1) is 0 Å². The molecule has 0 unspecified atom stereocenters. The van der Waals surface area contributed by atoms with Crippen molar-refractivity contribution in [2.45, 2.75) is 115 Å². The summed E-state index contributed by atoms with van der Waals surface area (Å²) < 4.78 is 0. The third kappa shape index (κ3) is 17.7. The molecule has 0 radical (unpaired) electrons. The molecule has 17 N–H and O–H groups in total. The summed E-state index contributed by atoms with van der Waals surface area (Å²) >= 11 is 0. The fraction of sp³-hybridized carbons (Fsp3) is 0.465. The van der Waals surface area contributed by atoms with Gasteiger partial charge >= 0.3 is 0 Å². The van der Waals surface area contributed by atoms with E-state index in [9.17, 15) is 33.6 Å². The minimum absolute atomic E-state index is 0.0144. The number of hydrogen-bond acceptors (Lipinski definition) is 9. The largest absolute Gasteiger partial charge is 0.370 e. The smallest absolute Gasteiger partial charge is 0.243 e. The van der Waals surface area contributed by atoms with Gasteiger partial charge in [0.25, 0.3) is 0 Å². The van der Waals surface area contributed by atoms with E-state index in [-0.39, 0.29) is 63.5 Å². The zero-order chi connectivity index (χ0) is 47.2. The van der Waals surface area contributed by atoms with Crippen LogP contribution in [0.5, 0.6) is 0 Å². The molecule has 3 aromatic rings. The number of aromatic nitrogens is 1. The summed E-state index contributed by atoms with van der Waals surface area (Å²) in [5, 5.41) is 16.9. The van der Waals surface area contributed by atoms with Crippen LogP contribution in [0.15, 0.2) is 70.8 Å². The van der Waals surface area contributed by atoms with Gasteiger partial charge in [-0.3, -0.25) is 43.5 Å². The number of guanidine groups is 2. The van der Waals surface area contributed by atoms with Crippen LogP contribution in [-0.4, -0.2) is 108 Å². The Kier molecular flexibility index (Phi) is 21.0. The van der Waals surface area contributed by atoms with Gasteiger partial charge in [0.15, 0.2) is 11.9 Å². The van der Waals surface area contributed by atoms with Crippen molar-refractivity contribution in [1.29, 1.82) is 0 Å². The number of H-pyrrole nitrogens is 1. The van der Waals surface area contributed by atoms with Gasteiger partial charge in [0.1, 0.15) is 36.3 Å². The standard InChI is InChI=1S/C43H64N14O7/c1-4-5-16-31(53-26(3)58)38(61)52-25(2)37(60)54-32(18-11-20-49-42(45)46)40(63)57-35(22-27-13-7-6-8-14-27)41(64)55-33(19-12-21-50-43(47)48)39(62)56-34(36(44)59)23-28-24-51-30-17-10-9-15-29(28)30/h6-10,13-15,17,24-25,31-35,51H,4-5,11-12,16,18-23H2,1-3H3,(H2,44,59)(H,52,61)(H,53,58)(H,54,60)(H,55,64)(H,56,62)(H,57,63)(H4,45,46,49)(H4,47,48,50)/t25-,31-,32-,33-,34-,35+/m0/s1. The molecule has 64 heavy (non-hydrogen) atoms. The van der Waals surface area contributed by atoms with Crippen molar-refractivity contribution in [2.24, 2.45) is 38.7 Å². The Labute approximate surface area is 372 Å². The summed E-state index contributed by atoms with van der Waals surface area (Å²) in [7, 11) is 0. The Hall–Kier alpha value is -7.19. The Bertz CT molecular complexity index is 2100. The van der Waals surface area contributed by atoms with Crippen LogP contribution in [-0.2, 0) is 46.4 Å². The first kappa shape index (κ1) is 51.2. The van der Waals surface area contributed by atoms with E-state index in [0.29, 0.717) is 18.4 Å². The number of primary amides is 1. The molecule has 0 saturated carbocycles. The second kappa shape index (κ2) is 26.3. The summed E-state index contributed by atoms with van der Waals surface area (Å²) in [6, 6.07) is 9.26. The quantitative estimate of drug-likeness (QED) is 0.0242. The number of aliphatic imine (C=N–C) groups is 2. The van der Waals surface area contributed by atoms with Crippen molar-refractivity contribution in [3.8, 4) is 0 Å². The maximum atomic E-state index is 14.3. The van der Waals surface area contributed by atoms with Crippen LogP contribution < -0.4 is 60.6 Å². The van der Waals surface area contributed by atoms with Crippen LogP contribution >= 0.6 is 0 Å². The number of hydrogen-bond donors (Lipinski definition) is 12. The Balaban J connectivity index is 1.89. The number of carbonyl (C=O) groups excluding carboxylic acids is 7. The van der Waals surface area contributed by atoms with Gasteiger partial charge in [0, 0.05) is 50.0 Å². The van der Waals surface area contributed by atoms with Crippen molar-refractivity contribution < 1.29 is 33.6 Å². The van der Waals surface area contributed by atoms with Crippen LogP contribution in [0.4, 0.5) is 0 Å². The third-order valence-corrected chi connectivity index (χ3v) is 10.1. The van der Waals surface area contributed by atoms with Crippen LogP contribution in [0.2, 0.25) is 0 Å². The van der Waals surface area contributed by atoms with Crippen molar-refractivity contribution in [2.75, 3.05) is 13.1 Å². The van der Waals surface area contributed by atoms with Crippen molar-refractivity contribution in [1.82, 2.24) is 36.9 Å². The van der Waals surface area contributed by atoms with Crippen LogP contribution in [0.1, 0.15) is 76.8 Å². The minimum Gasteiger partial charge on any atom is -0.370 e. The highest BCUT2D eigenvalue weighted by atomic mass is 16.2. The fourth-order valence-corrected chi connectivity index (χ4v) is 6.76. The Morgan fingerprint density at radius 3 is 1.62 bits per heavy atom. The molecular weight excluding hydrogens is 825 g/mol. The molecular formula is C43H64N14O7. The number of nitrogens with one attached hydrogen (secondary N) is 7. The summed E-state index contributed by atoms with van der Waals surface area (Å²) in [4.78, 5) is 105. The molecule has 1 aromatic heterocycles. The van der Waals surface area contributed by atoms with Gasteiger partial charge in [-0.25, -0.2) is 0 Å². The highest BCUT2D eigenvalue weighted by Crippen LogP contribution is 2.19. The average molecular weight is 889 g/mol. The lowest BCUT2D eigenvalue weighted by Gasteiger charge is -2.27. The Morgan fingerprint density at radius 1 is 0.578 bits per heavy atom. The van der Waals surface area contributed by atoms with Gasteiger partial charge in [-0.1, -0.05) is 68.3 Å². The third-order valence-electron chi connectivity index (χ3n) is 10.1. The van der Waals surface area contributed by atoms with Gasteiger partial charge < -0.3 is 65.6 Å². The predicted octanol–water partition coefficient (Wildman–Crippen LogP) is -1.32. The SMILES string of the molecule is CCCC[C@H](NC(C)=O)C(=O)N[C@@H](C)C(=O)N[C@@H](CCCN=C(N)N)C(=O)N[C@H](Cc1ccccc1)C(=O)N[C@@H](CCCN=C(N)N)C(=O)N[C@@H](Cc1c[nH]c2ccccc12)C(N)=O. The van der Waals surface area contributed by atoms with Gasteiger partial charge in [0.2, 0.25) is 41.4 Å². The molecule has 7 amide bonds. The molecule has 0 fully saturated rings. The monoisotopic (exact) mass is 889 g/mol. The number of benzene rings is 2. The first-order valence-electron chi connectivity index (χ1n) is 21.3. The van der Waals surface area contributed by atoms with E-state index in [1.807, 2.05) is 31.2 Å². The topological polar surface area (TPSA) is 362 Å². The normalized spacial score (nSPS) is 13.7. The van der Waals surface area contributed by atoms with Crippen LogP contribution in [0.25, 0.3) is 10.9 Å². The summed E-state index contributed by atoms with van der Waals surface area (Å²) in [6.45, 7) is 4.89. The van der Waals surface area contributed by atoms with E-state index in [1.54, 1.807) is 36.5 Å². The molecule has 0 aliphatic heterocycles. The minimum atomic E-state index is -1.30. The lowest BCUT2D eigenvalue weighted by atomic mass is 10.0. The molecule has 0 aliphatic carbocycles. The second-order valence-corrected chi connectivity index (χ2v) is 15.4. The van der Waals surface area contributed by atoms with Crippen LogP contribution in [0.3, 0.4) is 0 Å². The summed E-state index contributed by atoms with van der Waals surface area (Å²) in [6.07, 6.45) is 4.02. The molecule has 2 aromatic carbocycles. The van der Waals surface area contributed by atoms with E-state index in [2.05, 4.69) is 46.9 Å². The second-order valence-electron chi connectivity index (χ2n) is 15.4. The molecule has 0 bridgehead atoms. The lowest BCUT2D eigenvalue weighted by Crippen LogP contribution is -2.59. The number of unbranched alkanes of at least 4 members (excludes halogenated alkanes) is 1. The van der Waals surface area contributed by atoms with E-state index >= 15 is 0 Å². The van der Waals surface area contributed by atoms with Gasteiger partial charge in [-0.05, 0) is 56.2 Å². The van der Waals surface area contributed by atoms with Gasteiger partial charge in [-0.2, -0.15) is 0 Å². The molecule has 6 atom stereocenters. The number of para-hydroxylation sites is 1. The molecule has 0 aliphatic rings. The molecule has 3 rings (SSSR count).